The van der Waals surface area contributed by atoms with Crippen molar-refractivity contribution < 1.29 is 4.42 Å². The smallest absolute Gasteiger partial charge is 0.137 e. The average Bonchev–Trinajstić information content (AvgIpc) is 4.19. The van der Waals surface area contributed by atoms with E-state index in [9.17, 15) is 10.5 Å². The normalized spacial score (nSPS) is 13.0. The monoisotopic (exact) mass is 905 g/mol. The largest absolute Gasteiger partial charge is 0.456 e. The Morgan fingerprint density at radius 2 is 0.803 bits per heavy atom. The van der Waals surface area contributed by atoms with E-state index in [1.165, 1.54) is 16.7 Å². The third kappa shape index (κ3) is 5.13. The van der Waals surface area contributed by atoms with Crippen LogP contribution in [-0.2, 0) is 5.41 Å². The first kappa shape index (κ1) is 39.4. The molecule has 0 fully saturated rings. The van der Waals surface area contributed by atoms with Crippen LogP contribution < -0.4 is 0 Å². The minimum atomic E-state index is -0.239. The quantitative estimate of drug-likeness (QED) is 0.177. The van der Waals surface area contributed by atoms with Crippen molar-refractivity contribution in [3.05, 3.63) is 222 Å². The zero-order valence-electron chi connectivity index (χ0n) is 38.7. The van der Waals surface area contributed by atoms with Crippen LogP contribution in [0.5, 0.6) is 0 Å². The van der Waals surface area contributed by atoms with E-state index in [1.807, 2.05) is 24.3 Å². The summed E-state index contributed by atoms with van der Waals surface area (Å²) in [6, 6.07) is 75.8. The molecule has 0 spiro atoms. The van der Waals surface area contributed by atoms with Crippen LogP contribution >= 0.6 is 0 Å². The van der Waals surface area contributed by atoms with Crippen molar-refractivity contribution in [1.29, 1.82) is 10.5 Å². The standard InChI is InChI=1S/C65H39N5O/c1-65(2)51-24-10-3-17-39(51)46-33-38(31-32-52(46)65)61-63(68-53-25-11-4-18-40(53)41-19-5-12-26-54(41)68)49(36-66)62(50(37-67)64(61)69-55-27-13-6-20-42(55)43-21-7-14-28-56(43)69)70-57-29-15-8-22-44(57)47-34-48-45-23-9-16-30-59(45)71-60(48)35-58(47)70/h3-35H,1-2H3. The second-order valence-electron chi connectivity index (χ2n) is 19.4. The second-order valence-corrected chi connectivity index (χ2v) is 19.4. The van der Waals surface area contributed by atoms with Crippen LogP contribution in [0.4, 0.5) is 0 Å². The number of furan rings is 1. The lowest BCUT2D eigenvalue weighted by Crippen LogP contribution is -2.15. The Balaban J connectivity index is 1.22. The van der Waals surface area contributed by atoms with E-state index < -0.39 is 0 Å². The highest BCUT2D eigenvalue weighted by molar-refractivity contribution is 6.19. The molecule has 0 aliphatic heterocycles. The molecule has 4 aromatic heterocycles. The van der Waals surface area contributed by atoms with E-state index in [0.29, 0.717) is 28.2 Å². The molecule has 0 N–H and O–H groups in total. The Hall–Kier alpha value is -9.62. The number of hydrogen-bond acceptors (Lipinski definition) is 3. The molecule has 330 valence electrons. The lowest BCUT2D eigenvalue weighted by Gasteiger charge is -2.27. The van der Waals surface area contributed by atoms with E-state index in [-0.39, 0.29) is 5.41 Å². The Bertz CT molecular complexity index is 4510. The van der Waals surface area contributed by atoms with Gasteiger partial charge in [-0.3, -0.25) is 0 Å². The van der Waals surface area contributed by atoms with Gasteiger partial charge in [-0.1, -0.05) is 159 Å². The van der Waals surface area contributed by atoms with Crippen LogP contribution in [0, 0.1) is 22.7 Å². The van der Waals surface area contributed by atoms with E-state index in [2.05, 4.69) is 216 Å². The average molecular weight is 906 g/mol. The Morgan fingerprint density at radius 1 is 0.366 bits per heavy atom. The van der Waals surface area contributed by atoms with Gasteiger partial charge in [0.2, 0.25) is 0 Å². The van der Waals surface area contributed by atoms with Crippen molar-refractivity contribution >= 4 is 87.4 Å². The fraction of sp³-hybridized carbons (Fsp3) is 0.0462. The number of nitriles is 2. The fourth-order valence-corrected chi connectivity index (χ4v) is 12.5. The first-order valence-corrected chi connectivity index (χ1v) is 24.1. The van der Waals surface area contributed by atoms with Crippen LogP contribution in [0.25, 0.3) is 127 Å². The molecule has 0 unspecified atom stereocenters. The molecule has 0 saturated carbocycles. The summed E-state index contributed by atoms with van der Waals surface area (Å²) < 4.78 is 13.4. The Kier molecular flexibility index (Phi) is 7.88. The fourth-order valence-electron chi connectivity index (χ4n) is 12.5. The van der Waals surface area contributed by atoms with Crippen LogP contribution in [0.1, 0.15) is 36.1 Å². The SMILES string of the molecule is CC1(C)c2ccccc2-c2cc(-c3c(-n4c5ccccc5c5ccccc54)c(C#N)c(-n4c5ccccc5c5cc6c(cc54)oc4ccccc46)c(C#N)c3-n3c4ccccc4c4ccccc43)ccc21. The predicted molar refractivity (Wildman–Crippen MR) is 289 cm³/mol. The topological polar surface area (TPSA) is 75.5 Å². The molecular formula is C65H39N5O. The van der Waals surface area contributed by atoms with Gasteiger partial charge >= 0.3 is 0 Å². The molecule has 6 nitrogen and oxygen atoms in total. The molecule has 0 saturated heterocycles. The Morgan fingerprint density at radius 3 is 1.34 bits per heavy atom. The number of aromatic nitrogens is 3. The Labute approximate surface area is 407 Å². The molecular weight excluding hydrogens is 867 g/mol. The van der Waals surface area contributed by atoms with Gasteiger partial charge < -0.3 is 18.1 Å². The maximum Gasteiger partial charge on any atom is 0.137 e. The highest BCUT2D eigenvalue weighted by atomic mass is 16.3. The molecule has 1 aliphatic rings. The second kappa shape index (κ2) is 14.2. The first-order chi connectivity index (χ1) is 34.9. The van der Waals surface area contributed by atoms with Crippen molar-refractivity contribution in [2.24, 2.45) is 0 Å². The molecule has 1 aliphatic carbocycles. The molecule has 6 heteroatoms. The van der Waals surface area contributed by atoms with Crippen molar-refractivity contribution in [2.45, 2.75) is 19.3 Å². The maximum absolute atomic E-state index is 12.4. The highest BCUT2D eigenvalue weighted by Gasteiger charge is 2.37. The van der Waals surface area contributed by atoms with Gasteiger partial charge in [0.05, 0.1) is 50.2 Å². The van der Waals surface area contributed by atoms with Gasteiger partial charge in [-0.15, -0.1) is 0 Å². The highest BCUT2D eigenvalue weighted by Crippen LogP contribution is 2.53. The van der Waals surface area contributed by atoms with Crippen LogP contribution in [0.15, 0.2) is 205 Å². The van der Waals surface area contributed by atoms with E-state index in [4.69, 9.17) is 4.42 Å². The lowest BCUT2D eigenvalue weighted by atomic mass is 9.82. The van der Waals surface area contributed by atoms with E-state index in [0.717, 1.165) is 104 Å². The molecule has 0 atom stereocenters. The molecule has 14 aromatic rings. The van der Waals surface area contributed by atoms with Crippen LogP contribution in [0.3, 0.4) is 0 Å². The van der Waals surface area contributed by atoms with Gasteiger partial charge in [0.25, 0.3) is 0 Å². The van der Waals surface area contributed by atoms with Crippen LogP contribution in [0.2, 0.25) is 0 Å². The number of hydrogen-bond donors (Lipinski definition) is 0. The van der Waals surface area contributed by atoms with Gasteiger partial charge in [-0.25, -0.2) is 0 Å². The lowest BCUT2D eigenvalue weighted by molar-refractivity contribution is 0.660. The van der Waals surface area contributed by atoms with E-state index >= 15 is 0 Å². The molecule has 4 heterocycles. The summed E-state index contributed by atoms with van der Waals surface area (Å²) in [5.41, 5.74) is 16.0. The molecule has 71 heavy (non-hydrogen) atoms. The van der Waals surface area contributed by atoms with Gasteiger partial charge in [0, 0.05) is 60.1 Å². The van der Waals surface area contributed by atoms with E-state index in [1.54, 1.807) is 0 Å². The maximum atomic E-state index is 12.4. The number of fused-ring (bicyclic) bond motifs is 15. The number of rotatable bonds is 4. The predicted octanol–water partition coefficient (Wildman–Crippen LogP) is 16.6. The van der Waals surface area contributed by atoms with Gasteiger partial charge in [-0.05, 0) is 76.3 Å². The summed E-state index contributed by atoms with van der Waals surface area (Å²) >= 11 is 0. The third-order valence-corrected chi connectivity index (χ3v) is 15.5. The zero-order chi connectivity index (χ0) is 47.3. The van der Waals surface area contributed by atoms with Crippen molar-refractivity contribution in [2.75, 3.05) is 0 Å². The summed E-state index contributed by atoms with van der Waals surface area (Å²) in [4.78, 5) is 0. The minimum absolute atomic E-state index is 0.239. The van der Waals surface area contributed by atoms with Crippen molar-refractivity contribution in [1.82, 2.24) is 13.7 Å². The van der Waals surface area contributed by atoms with Gasteiger partial charge in [0.15, 0.2) is 0 Å². The molecule has 10 aromatic carbocycles. The summed E-state index contributed by atoms with van der Waals surface area (Å²) in [5.74, 6) is 0. The molecule has 15 rings (SSSR count). The summed E-state index contributed by atoms with van der Waals surface area (Å²) in [7, 11) is 0. The number of nitrogens with zero attached hydrogens (tertiary/aromatic N) is 5. The molecule has 0 radical (unpaired) electrons. The summed E-state index contributed by atoms with van der Waals surface area (Å²) in [5, 5.41) is 33.0. The van der Waals surface area contributed by atoms with Crippen molar-refractivity contribution in [3.63, 3.8) is 0 Å². The molecule has 0 bridgehead atoms. The third-order valence-electron chi connectivity index (χ3n) is 15.5. The minimum Gasteiger partial charge on any atom is -0.456 e. The summed E-state index contributed by atoms with van der Waals surface area (Å²) in [6.45, 7) is 4.59. The van der Waals surface area contributed by atoms with Crippen molar-refractivity contribution in [3.8, 4) is 51.5 Å². The van der Waals surface area contributed by atoms with Crippen LogP contribution in [-0.4, -0.2) is 13.7 Å². The first-order valence-electron chi connectivity index (χ1n) is 24.1. The molecule has 0 amide bonds. The zero-order valence-corrected chi connectivity index (χ0v) is 38.7. The summed E-state index contributed by atoms with van der Waals surface area (Å²) in [6.07, 6.45) is 0. The van der Waals surface area contributed by atoms with Gasteiger partial charge in [0.1, 0.15) is 34.4 Å². The number of para-hydroxylation sites is 6. The van der Waals surface area contributed by atoms with Gasteiger partial charge in [-0.2, -0.15) is 10.5 Å². The number of benzene rings is 10.